The van der Waals surface area contributed by atoms with E-state index in [0.717, 1.165) is 56.7 Å². The molecule has 0 spiro atoms. The maximum absolute atomic E-state index is 13.5. The number of nitrogens with zero attached hydrogens (tertiary/aromatic N) is 2. The fourth-order valence-electron chi connectivity index (χ4n) is 5.47. The Bertz CT molecular complexity index is 1130. The van der Waals surface area contributed by atoms with Crippen LogP contribution in [0.5, 0.6) is 0 Å². The summed E-state index contributed by atoms with van der Waals surface area (Å²) >= 11 is 3.62. The Kier molecular flexibility index (Phi) is 6.37. The van der Waals surface area contributed by atoms with Gasteiger partial charge in [-0.3, -0.25) is 4.79 Å². The molecule has 2 aliphatic heterocycles. The van der Waals surface area contributed by atoms with Crippen molar-refractivity contribution in [1.29, 1.82) is 0 Å². The van der Waals surface area contributed by atoms with Gasteiger partial charge >= 0.3 is 0 Å². The van der Waals surface area contributed by atoms with Gasteiger partial charge in [0.25, 0.3) is 0 Å². The highest BCUT2D eigenvalue weighted by Crippen LogP contribution is 2.38. The molecule has 1 fully saturated rings. The minimum Gasteiger partial charge on any atom is -0.337 e. The first-order valence-electron chi connectivity index (χ1n) is 11.8. The molecule has 170 valence electrons. The van der Waals surface area contributed by atoms with E-state index < -0.39 is 0 Å². The van der Waals surface area contributed by atoms with Crippen LogP contribution in [0, 0.1) is 5.82 Å². The molecule has 2 aliphatic rings. The van der Waals surface area contributed by atoms with Crippen LogP contribution in [0.25, 0.3) is 10.1 Å². The minimum atomic E-state index is -0.142. The van der Waals surface area contributed by atoms with Crippen LogP contribution >= 0.6 is 22.7 Å². The molecule has 6 heteroatoms. The number of thiophene rings is 2. The second-order valence-electron chi connectivity index (χ2n) is 9.15. The summed E-state index contributed by atoms with van der Waals surface area (Å²) in [6.45, 7) is 8.99. The molecule has 0 unspecified atom stereocenters. The number of carbonyl (C=O) groups excluding carboxylic acids is 1. The maximum Gasteiger partial charge on any atom is 0.219 e. The van der Waals surface area contributed by atoms with E-state index in [9.17, 15) is 9.18 Å². The van der Waals surface area contributed by atoms with Gasteiger partial charge in [0.15, 0.2) is 0 Å². The average molecular weight is 471 g/mol. The van der Waals surface area contributed by atoms with Gasteiger partial charge in [-0.15, -0.1) is 22.7 Å². The van der Waals surface area contributed by atoms with Crippen LogP contribution in [0.1, 0.15) is 59.1 Å². The number of fused-ring (bicyclic) bond motifs is 2. The number of amides is 1. The standard InChI is InChI=1S/C26H31FN2OS2/c1-3-20-22-8-13-29(17(2)30)15-26(22)32-24(20)9-12-28-10-6-18(7-11-28)23-16-31-25-14-19(27)4-5-21(23)25/h4-5,14,16,18H,3,6-13,15H2,1-2H3. The number of piperidine rings is 1. The van der Waals surface area contributed by atoms with Gasteiger partial charge < -0.3 is 9.80 Å². The van der Waals surface area contributed by atoms with Crippen molar-refractivity contribution in [2.45, 2.75) is 58.4 Å². The van der Waals surface area contributed by atoms with E-state index in [4.69, 9.17) is 0 Å². The first kappa shape index (κ1) is 22.1. The molecule has 0 aliphatic carbocycles. The van der Waals surface area contributed by atoms with Crippen molar-refractivity contribution in [3.63, 3.8) is 0 Å². The van der Waals surface area contributed by atoms with Crippen molar-refractivity contribution in [2.75, 3.05) is 26.2 Å². The topological polar surface area (TPSA) is 23.6 Å². The second-order valence-corrected chi connectivity index (χ2v) is 11.2. The Labute approximate surface area is 197 Å². The Hall–Kier alpha value is -1.76. The highest BCUT2D eigenvalue weighted by atomic mass is 32.1. The van der Waals surface area contributed by atoms with Crippen molar-refractivity contribution in [3.05, 3.63) is 55.8 Å². The molecule has 3 aromatic rings. The quantitative estimate of drug-likeness (QED) is 0.457. The molecule has 32 heavy (non-hydrogen) atoms. The van der Waals surface area contributed by atoms with Crippen molar-refractivity contribution >= 4 is 38.7 Å². The zero-order chi connectivity index (χ0) is 22.2. The van der Waals surface area contributed by atoms with E-state index in [0.29, 0.717) is 5.92 Å². The van der Waals surface area contributed by atoms with Gasteiger partial charge in [-0.05, 0) is 90.7 Å². The zero-order valence-electron chi connectivity index (χ0n) is 19.0. The Morgan fingerprint density at radius 2 is 2.03 bits per heavy atom. The molecular weight excluding hydrogens is 439 g/mol. The molecule has 0 radical (unpaired) electrons. The maximum atomic E-state index is 13.5. The largest absolute Gasteiger partial charge is 0.337 e. The van der Waals surface area contributed by atoms with Gasteiger partial charge in [0, 0.05) is 34.5 Å². The molecule has 1 saturated heterocycles. The summed E-state index contributed by atoms with van der Waals surface area (Å²) in [5.74, 6) is 0.634. The van der Waals surface area contributed by atoms with Crippen LogP contribution in [0.4, 0.5) is 4.39 Å². The Morgan fingerprint density at radius 3 is 2.78 bits per heavy atom. The van der Waals surface area contributed by atoms with Gasteiger partial charge in [0.05, 0.1) is 6.54 Å². The molecular formula is C26H31FN2OS2. The van der Waals surface area contributed by atoms with Crippen molar-refractivity contribution in [1.82, 2.24) is 9.80 Å². The zero-order valence-corrected chi connectivity index (χ0v) is 20.6. The number of hydrogen-bond donors (Lipinski definition) is 0. The van der Waals surface area contributed by atoms with Crippen molar-refractivity contribution < 1.29 is 9.18 Å². The first-order valence-corrected chi connectivity index (χ1v) is 13.5. The lowest BCUT2D eigenvalue weighted by molar-refractivity contribution is -0.129. The molecule has 5 rings (SSSR count). The molecule has 0 saturated carbocycles. The highest BCUT2D eigenvalue weighted by Gasteiger charge is 2.26. The smallest absolute Gasteiger partial charge is 0.219 e. The predicted molar refractivity (Wildman–Crippen MR) is 132 cm³/mol. The minimum absolute atomic E-state index is 0.142. The van der Waals surface area contributed by atoms with E-state index >= 15 is 0 Å². The van der Waals surface area contributed by atoms with E-state index in [1.807, 2.05) is 22.3 Å². The van der Waals surface area contributed by atoms with Crippen LogP contribution in [-0.4, -0.2) is 41.9 Å². The third-order valence-corrected chi connectivity index (χ3v) is 9.58. The monoisotopic (exact) mass is 470 g/mol. The third kappa shape index (κ3) is 4.25. The number of likely N-dealkylation sites (tertiary alicyclic amines) is 1. The molecule has 3 nitrogen and oxygen atoms in total. The predicted octanol–water partition coefficient (Wildman–Crippen LogP) is 5.99. The Morgan fingerprint density at radius 1 is 1.22 bits per heavy atom. The third-order valence-electron chi connectivity index (χ3n) is 7.30. The lowest BCUT2D eigenvalue weighted by Gasteiger charge is -2.32. The van der Waals surface area contributed by atoms with Crippen molar-refractivity contribution in [3.8, 4) is 0 Å². The fourth-order valence-corrected chi connectivity index (χ4v) is 7.99. The van der Waals surface area contributed by atoms with E-state index in [1.165, 1.54) is 39.1 Å². The summed E-state index contributed by atoms with van der Waals surface area (Å²) in [7, 11) is 0. The summed E-state index contributed by atoms with van der Waals surface area (Å²) in [5.41, 5.74) is 4.50. The molecule has 0 atom stereocenters. The SMILES string of the molecule is CCc1c(CCN2CCC(c3csc4cc(F)ccc34)CC2)sc2c1CCN(C(C)=O)C2. The lowest BCUT2D eigenvalue weighted by Crippen LogP contribution is -2.34. The number of carbonyl (C=O) groups is 1. The van der Waals surface area contributed by atoms with Crippen LogP contribution in [0.2, 0.25) is 0 Å². The molecule has 0 bridgehead atoms. The van der Waals surface area contributed by atoms with Gasteiger partial charge in [-0.2, -0.15) is 0 Å². The lowest BCUT2D eigenvalue weighted by atomic mass is 9.89. The summed E-state index contributed by atoms with van der Waals surface area (Å²) in [5, 5.41) is 3.49. The summed E-state index contributed by atoms with van der Waals surface area (Å²) < 4.78 is 14.6. The average Bonchev–Trinajstić information content (AvgIpc) is 3.37. The number of rotatable bonds is 5. The molecule has 1 aromatic carbocycles. The van der Waals surface area contributed by atoms with Crippen LogP contribution < -0.4 is 0 Å². The van der Waals surface area contributed by atoms with Gasteiger partial charge in [-0.25, -0.2) is 4.39 Å². The first-order chi connectivity index (χ1) is 15.5. The van der Waals surface area contributed by atoms with Crippen LogP contribution in [0.15, 0.2) is 23.6 Å². The summed E-state index contributed by atoms with van der Waals surface area (Å²) in [6, 6.07) is 5.22. The van der Waals surface area contributed by atoms with E-state index in [-0.39, 0.29) is 11.7 Å². The van der Waals surface area contributed by atoms with Crippen molar-refractivity contribution in [2.24, 2.45) is 0 Å². The molecule has 0 N–H and O–H groups in total. The van der Waals surface area contributed by atoms with Crippen LogP contribution in [0.3, 0.4) is 0 Å². The second kappa shape index (κ2) is 9.24. The van der Waals surface area contributed by atoms with Gasteiger partial charge in [-0.1, -0.05) is 13.0 Å². The normalized spacial score (nSPS) is 17.8. The number of hydrogen-bond acceptors (Lipinski definition) is 4. The van der Waals surface area contributed by atoms with Gasteiger partial charge in [0.1, 0.15) is 5.82 Å². The van der Waals surface area contributed by atoms with Gasteiger partial charge in [0.2, 0.25) is 5.91 Å². The van der Waals surface area contributed by atoms with Crippen LogP contribution in [-0.2, 0) is 30.6 Å². The fraction of sp³-hybridized carbons (Fsp3) is 0.500. The number of benzene rings is 1. The molecule has 1 amide bonds. The summed E-state index contributed by atoms with van der Waals surface area (Å²) in [4.78, 5) is 19.4. The Balaban J connectivity index is 1.20. The molecule has 4 heterocycles. The van der Waals surface area contributed by atoms with E-state index in [1.54, 1.807) is 36.0 Å². The summed E-state index contributed by atoms with van der Waals surface area (Å²) in [6.07, 6.45) is 5.58. The molecule has 2 aromatic heterocycles. The highest BCUT2D eigenvalue weighted by molar-refractivity contribution is 7.17. The van der Waals surface area contributed by atoms with E-state index in [2.05, 4.69) is 17.2 Å². The number of halogens is 1.